The topological polar surface area (TPSA) is 102 Å². The first kappa shape index (κ1) is 27.5. The fourth-order valence-corrected chi connectivity index (χ4v) is 4.98. The minimum absolute atomic E-state index is 0.00960. The number of carbonyl (C=O) groups is 1. The van der Waals surface area contributed by atoms with Crippen LogP contribution < -0.4 is 10.2 Å². The molecule has 0 radical (unpaired) electrons. The van der Waals surface area contributed by atoms with E-state index in [-0.39, 0.29) is 62.2 Å². The average Bonchev–Trinajstić information content (AvgIpc) is 2.79. The molecule has 0 aromatic carbocycles. The number of likely N-dealkylation sites (tertiary alicyclic amines) is 1. The molecule has 12 heteroatoms. The molecule has 2 fully saturated rings. The van der Waals surface area contributed by atoms with E-state index >= 15 is 4.39 Å². The number of alkyl halides is 3. The maximum absolute atomic E-state index is 15.3. The molecule has 198 valence electrons. The lowest BCUT2D eigenvalue weighted by atomic mass is 9.81. The molecular weight excluding hydrogens is 470 g/mol. The van der Waals surface area contributed by atoms with Gasteiger partial charge >= 0.3 is 6.18 Å². The third kappa shape index (κ3) is 7.01. The van der Waals surface area contributed by atoms with E-state index in [1.807, 2.05) is 6.92 Å². The van der Waals surface area contributed by atoms with Crippen molar-refractivity contribution in [3.05, 3.63) is 12.1 Å². The second-order valence-electron chi connectivity index (χ2n) is 9.82. The minimum Gasteiger partial charge on any atom is -0.389 e. The fraction of sp³-hybridized carbons (Fsp3) is 0.783. The van der Waals surface area contributed by atoms with Crippen LogP contribution in [0.3, 0.4) is 0 Å². The summed E-state index contributed by atoms with van der Waals surface area (Å²) in [6, 6.07) is 0. The monoisotopic (exact) mass is 505 g/mol. The highest BCUT2D eigenvalue weighted by Gasteiger charge is 2.42. The smallest absolute Gasteiger partial charge is 0.389 e. The Kier molecular flexibility index (Phi) is 8.92. The zero-order valence-corrected chi connectivity index (χ0v) is 20.2. The summed E-state index contributed by atoms with van der Waals surface area (Å²) < 4.78 is 54.2. The van der Waals surface area contributed by atoms with Crippen molar-refractivity contribution in [2.45, 2.75) is 63.8 Å². The van der Waals surface area contributed by atoms with Gasteiger partial charge in [-0.2, -0.15) is 17.6 Å². The Morgan fingerprint density at radius 1 is 1.29 bits per heavy atom. The number of aliphatic hydroxyl groups excluding tert-OH is 1. The van der Waals surface area contributed by atoms with E-state index in [9.17, 15) is 28.2 Å². The Morgan fingerprint density at radius 3 is 2.54 bits per heavy atom. The van der Waals surface area contributed by atoms with Crippen molar-refractivity contribution in [1.29, 1.82) is 0 Å². The molecule has 0 unspecified atom stereocenters. The zero-order chi connectivity index (χ0) is 25.8. The highest BCUT2D eigenvalue weighted by atomic mass is 19.4. The molecule has 1 aromatic rings. The SMILES string of the molecule is CCN(CC1CCC(C(F)(F)F)CC1)c1ncnc(NC[C@]2(O)CCN(CC(C)=O)C[C@H]2O)c1F. The van der Waals surface area contributed by atoms with Crippen molar-refractivity contribution in [3.8, 4) is 0 Å². The minimum atomic E-state index is -4.17. The van der Waals surface area contributed by atoms with E-state index in [2.05, 4.69) is 15.3 Å². The summed E-state index contributed by atoms with van der Waals surface area (Å²) >= 11 is 0. The average molecular weight is 506 g/mol. The molecular formula is C23H35F4N5O3. The van der Waals surface area contributed by atoms with Crippen LogP contribution in [-0.2, 0) is 4.79 Å². The van der Waals surface area contributed by atoms with Crippen LogP contribution in [0.25, 0.3) is 0 Å². The van der Waals surface area contributed by atoms with Gasteiger partial charge in [0.2, 0.25) is 5.82 Å². The summed E-state index contributed by atoms with van der Waals surface area (Å²) in [5, 5.41) is 24.1. The van der Waals surface area contributed by atoms with E-state index in [1.165, 1.54) is 13.3 Å². The fourth-order valence-electron chi connectivity index (χ4n) is 4.98. The summed E-state index contributed by atoms with van der Waals surface area (Å²) in [6.45, 7) is 4.66. The van der Waals surface area contributed by atoms with Crippen molar-refractivity contribution in [1.82, 2.24) is 14.9 Å². The molecule has 35 heavy (non-hydrogen) atoms. The molecule has 1 saturated heterocycles. The van der Waals surface area contributed by atoms with Crippen LogP contribution >= 0.6 is 0 Å². The van der Waals surface area contributed by atoms with Crippen LogP contribution in [0.5, 0.6) is 0 Å². The van der Waals surface area contributed by atoms with Gasteiger partial charge < -0.3 is 20.4 Å². The van der Waals surface area contributed by atoms with E-state index in [0.29, 0.717) is 32.5 Å². The molecule has 1 aliphatic heterocycles. The number of Topliss-reactive ketones (excluding diaryl/α,β-unsaturated/α-hetero) is 1. The maximum Gasteiger partial charge on any atom is 0.391 e. The number of hydrogen-bond donors (Lipinski definition) is 3. The van der Waals surface area contributed by atoms with Crippen molar-refractivity contribution in [2.24, 2.45) is 11.8 Å². The molecule has 2 aliphatic rings. The number of ketones is 1. The van der Waals surface area contributed by atoms with Crippen LogP contribution in [0.2, 0.25) is 0 Å². The lowest BCUT2D eigenvalue weighted by Gasteiger charge is -2.42. The van der Waals surface area contributed by atoms with Crippen molar-refractivity contribution in [2.75, 3.05) is 49.5 Å². The second kappa shape index (κ2) is 11.3. The summed E-state index contributed by atoms with van der Waals surface area (Å²) in [6.07, 6.45) is -2.92. The zero-order valence-electron chi connectivity index (χ0n) is 20.2. The number of aliphatic hydroxyl groups is 2. The summed E-state index contributed by atoms with van der Waals surface area (Å²) in [7, 11) is 0. The van der Waals surface area contributed by atoms with Crippen molar-refractivity contribution in [3.63, 3.8) is 0 Å². The second-order valence-corrected chi connectivity index (χ2v) is 9.82. The number of hydrogen-bond acceptors (Lipinski definition) is 8. The normalized spacial score (nSPS) is 28.1. The number of aromatic nitrogens is 2. The molecule has 2 heterocycles. The largest absolute Gasteiger partial charge is 0.391 e. The van der Waals surface area contributed by atoms with E-state index in [0.717, 1.165) is 0 Å². The van der Waals surface area contributed by atoms with Gasteiger partial charge in [0.15, 0.2) is 11.6 Å². The van der Waals surface area contributed by atoms with Crippen molar-refractivity contribution < 1.29 is 32.6 Å². The predicted octanol–water partition coefficient (Wildman–Crippen LogP) is 2.61. The Morgan fingerprint density at radius 2 is 1.97 bits per heavy atom. The number of piperidine rings is 1. The Bertz CT molecular complexity index is 866. The van der Waals surface area contributed by atoms with Gasteiger partial charge in [-0.05, 0) is 51.9 Å². The third-order valence-electron chi connectivity index (χ3n) is 7.16. The molecule has 3 rings (SSSR count). The number of nitrogens with one attached hydrogen (secondary N) is 1. The Labute approximate surface area is 202 Å². The van der Waals surface area contributed by atoms with Gasteiger partial charge in [-0.25, -0.2) is 9.97 Å². The lowest BCUT2D eigenvalue weighted by molar-refractivity contribution is -0.183. The predicted molar refractivity (Wildman–Crippen MR) is 123 cm³/mol. The molecule has 1 saturated carbocycles. The highest BCUT2D eigenvalue weighted by Crippen LogP contribution is 2.40. The van der Waals surface area contributed by atoms with Gasteiger partial charge in [0.05, 0.1) is 18.6 Å². The standard InChI is InChI=1S/C23H35F4N5O3/c1-3-32(11-16-4-6-17(7-5-16)23(25,26)27)21-19(24)20(29-14-30-21)28-13-22(35)8-9-31(10-15(2)33)12-18(22)34/h14,16-18,34-35H,3-13H2,1-2H3,(H,28,29,30)/t16?,17?,18-,22-/m1/s1. The molecule has 0 amide bonds. The van der Waals surface area contributed by atoms with Gasteiger partial charge in [0.25, 0.3) is 0 Å². The third-order valence-corrected chi connectivity index (χ3v) is 7.16. The number of halogens is 4. The van der Waals surface area contributed by atoms with Gasteiger partial charge in [-0.15, -0.1) is 0 Å². The molecule has 0 spiro atoms. The number of nitrogens with zero attached hydrogens (tertiary/aromatic N) is 4. The van der Waals surface area contributed by atoms with Crippen LogP contribution in [0.1, 0.15) is 46.0 Å². The first-order valence-corrected chi connectivity index (χ1v) is 12.1. The maximum atomic E-state index is 15.3. The molecule has 3 N–H and O–H groups in total. The first-order chi connectivity index (χ1) is 16.4. The molecule has 1 aromatic heterocycles. The molecule has 8 nitrogen and oxygen atoms in total. The molecule has 1 aliphatic carbocycles. The number of anilines is 2. The van der Waals surface area contributed by atoms with Gasteiger partial charge in [-0.1, -0.05) is 0 Å². The summed E-state index contributed by atoms with van der Waals surface area (Å²) in [5.41, 5.74) is -1.52. The number of β-amino-alcohol motifs (C(OH)–C–C–N with tert-alkyl or cyclic N) is 1. The lowest BCUT2D eigenvalue weighted by Crippen LogP contribution is -2.59. The van der Waals surface area contributed by atoms with Crippen LogP contribution in [0.15, 0.2) is 6.33 Å². The van der Waals surface area contributed by atoms with Crippen LogP contribution in [-0.4, -0.2) is 88.0 Å². The number of carbonyl (C=O) groups excluding carboxylic acids is 1. The molecule has 0 bridgehead atoms. The Balaban J connectivity index is 1.61. The van der Waals surface area contributed by atoms with Gasteiger partial charge in [0.1, 0.15) is 17.7 Å². The van der Waals surface area contributed by atoms with Crippen LogP contribution in [0.4, 0.5) is 29.2 Å². The van der Waals surface area contributed by atoms with Gasteiger partial charge in [0, 0.05) is 32.7 Å². The highest BCUT2D eigenvalue weighted by molar-refractivity contribution is 5.77. The van der Waals surface area contributed by atoms with E-state index in [4.69, 9.17) is 0 Å². The first-order valence-electron chi connectivity index (χ1n) is 12.1. The quantitative estimate of drug-likeness (QED) is 0.441. The summed E-state index contributed by atoms with van der Waals surface area (Å²) in [5.74, 6) is -2.09. The molecule has 2 atom stereocenters. The Hall–Kier alpha value is -2.05. The van der Waals surface area contributed by atoms with E-state index in [1.54, 1.807) is 9.80 Å². The van der Waals surface area contributed by atoms with Gasteiger partial charge in [-0.3, -0.25) is 9.69 Å². The van der Waals surface area contributed by atoms with Crippen LogP contribution in [0, 0.1) is 17.7 Å². The van der Waals surface area contributed by atoms with Crippen molar-refractivity contribution >= 4 is 17.4 Å². The summed E-state index contributed by atoms with van der Waals surface area (Å²) in [4.78, 5) is 22.8. The van der Waals surface area contributed by atoms with E-state index < -0.39 is 29.6 Å². The number of rotatable bonds is 9.